The van der Waals surface area contributed by atoms with Crippen molar-refractivity contribution in [3.63, 3.8) is 0 Å². The molecular weight excluding hydrogens is 416 g/mol. The summed E-state index contributed by atoms with van der Waals surface area (Å²) in [6.45, 7) is 4.29. The highest BCUT2D eigenvalue weighted by molar-refractivity contribution is 7.08. The van der Waals surface area contributed by atoms with E-state index < -0.39 is 0 Å². The Labute approximate surface area is 192 Å². The predicted molar refractivity (Wildman–Crippen MR) is 132 cm³/mol. The molecule has 3 heterocycles. The first-order valence-corrected chi connectivity index (χ1v) is 11.6. The molecule has 0 bridgehead atoms. The number of anilines is 1. The number of carbonyl (C=O) groups excluding carboxylic acids is 1. The summed E-state index contributed by atoms with van der Waals surface area (Å²) < 4.78 is 0. The summed E-state index contributed by atoms with van der Waals surface area (Å²) in [6.07, 6.45) is 10.7. The normalized spacial score (nSPS) is 21.1. The molecule has 1 unspecified atom stereocenters. The predicted octanol–water partition coefficient (Wildman–Crippen LogP) is 5.97. The number of amides is 1. The van der Waals surface area contributed by atoms with Crippen molar-refractivity contribution in [2.45, 2.75) is 26.3 Å². The van der Waals surface area contributed by atoms with Gasteiger partial charge in [0.2, 0.25) is 0 Å². The second-order valence-electron chi connectivity index (χ2n) is 7.86. The van der Waals surface area contributed by atoms with Crippen molar-refractivity contribution in [3.05, 3.63) is 106 Å². The molecule has 2 atom stereocenters. The van der Waals surface area contributed by atoms with E-state index in [1.807, 2.05) is 24.3 Å². The molecule has 1 aliphatic rings. The Kier molecular flexibility index (Phi) is 6.92. The number of hydrogen-bond acceptors (Lipinski definition) is 5. The number of aromatic nitrogens is 1. The van der Waals surface area contributed by atoms with Gasteiger partial charge in [-0.1, -0.05) is 25.1 Å². The van der Waals surface area contributed by atoms with E-state index in [-0.39, 0.29) is 11.9 Å². The van der Waals surface area contributed by atoms with Crippen LogP contribution in [0.4, 0.5) is 5.69 Å². The third-order valence-corrected chi connectivity index (χ3v) is 5.90. The van der Waals surface area contributed by atoms with E-state index in [2.05, 4.69) is 64.5 Å². The molecule has 2 aromatic heterocycles. The maximum atomic E-state index is 12.5. The van der Waals surface area contributed by atoms with Gasteiger partial charge in [0.05, 0.1) is 17.3 Å². The molecule has 162 valence electrons. The van der Waals surface area contributed by atoms with Gasteiger partial charge in [0, 0.05) is 29.0 Å². The Morgan fingerprint density at radius 3 is 2.91 bits per heavy atom. The Bertz CT molecular complexity index is 1150. The summed E-state index contributed by atoms with van der Waals surface area (Å²) in [5.74, 6) is 1.07. The molecule has 1 aromatic carbocycles. The van der Waals surface area contributed by atoms with Crippen molar-refractivity contribution in [2.24, 2.45) is 10.9 Å². The number of benzene rings is 1. The first-order chi connectivity index (χ1) is 15.6. The summed E-state index contributed by atoms with van der Waals surface area (Å²) in [5, 5.41) is 10.7. The van der Waals surface area contributed by atoms with Gasteiger partial charge in [-0.05, 0) is 72.7 Å². The molecule has 0 saturated carbocycles. The molecule has 0 aliphatic carbocycles. The number of carbonyl (C=O) groups is 1. The van der Waals surface area contributed by atoms with Crippen LogP contribution in [0.1, 0.15) is 47.8 Å². The van der Waals surface area contributed by atoms with E-state index in [0.29, 0.717) is 11.5 Å². The third kappa shape index (κ3) is 5.59. The standard InChI is InChI=1S/C26H26N4OS/c1-18-6-3-10-24(22-11-13-32-17-22)30-25(14-18)28-19(2)20-7-4-9-23(15-20)29-26(31)21-8-5-12-27-16-21/h3-5,7-19,28H,6H2,1-2H3,(H,29,31)/b10-3+,25-14-,30-24-/t18?,19-/m0/s1. The molecule has 1 amide bonds. The fourth-order valence-corrected chi connectivity index (χ4v) is 4.13. The van der Waals surface area contributed by atoms with Gasteiger partial charge in [0.1, 0.15) is 5.82 Å². The Morgan fingerprint density at radius 1 is 1.22 bits per heavy atom. The van der Waals surface area contributed by atoms with Crippen LogP contribution in [0.15, 0.2) is 94.7 Å². The lowest BCUT2D eigenvalue weighted by Crippen LogP contribution is -2.20. The van der Waals surface area contributed by atoms with Crippen molar-refractivity contribution in [3.8, 4) is 0 Å². The Morgan fingerprint density at radius 2 is 2.12 bits per heavy atom. The number of aliphatic imine (C=N–C) groups is 1. The van der Waals surface area contributed by atoms with Crippen LogP contribution in [-0.4, -0.2) is 16.6 Å². The van der Waals surface area contributed by atoms with E-state index in [9.17, 15) is 4.79 Å². The van der Waals surface area contributed by atoms with Gasteiger partial charge in [-0.25, -0.2) is 4.99 Å². The van der Waals surface area contributed by atoms with Gasteiger partial charge in [-0.3, -0.25) is 9.78 Å². The lowest BCUT2D eigenvalue weighted by Gasteiger charge is -2.19. The number of thiophene rings is 1. The van der Waals surface area contributed by atoms with Gasteiger partial charge in [0.25, 0.3) is 5.91 Å². The number of allylic oxidation sites excluding steroid dienone is 3. The van der Waals surface area contributed by atoms with Crippen LogP contribution in [0.25, 0.3) is 0 Å². The molecule has 3 aromatic rings. The van der Waals surface area contributed by atoms with Crippen LogP contribution < -0.4 is 10.6 Å². The highest BCUT2D eigenvalue weighted by Gasteiger charge is 2.13. The summed E-state index contributed by atoms with van der Waals surface area (Å²) in [5.41, 5.74) is 4.42. The summed E-state index contributed by atoms with van der Waals surface area (Å²) >= 11 is 1.67. The number of nitrogens with one attached hydrogen (secondary N) is 2. The molecule has 0 radical (unpaired) electrons. The summed E-state index contributed by atoms with van der Waals surface area (Å²) in [4.78, 5) is 21.4. The summed E-state index contributed by atoms with van der Waals surface area (Å²) in [6, 6.07) is 13.5. The molecule has 2 N–H and O–H groups in total. The molecule has 5 nitrogen and oxygen atoms in total. The Balaban J connectivity index is 1.51. The minimum atomic E-state index is -0.177. The maximum absolute atomic E-state index is 12.5. The second kappa shape index (κ2) is 10.2. The minimum absolute atomic E-state index is 0.0135. The van der Waals surface area contributed by atoms with Gasteiger partial charge < -0.3 is 10.6 Å². The minimum Gasteiger partial charge on any atom is -0.364 e. The molecule has 32 heavy (non-hydrogen) atoms. The quantitative estimate of drug-likeness (QED) is 0.494. The second-order valence-corrected chi connectivity index (χ2v) is 8.64. The van der Waals surface area contributed by atoms with Crippen molar-refractivity contribution in [1.29, 1.82) is 0 Å². The number of nitrogens with zero attached hydrogens (tertiary/aromatic N) is 2. The molecule has 4 rings (SSSR count). The van der Waals surface area contributed by atoms with E-state index in [1.54, 1.807) is 35.9 Å². The highest BCUT2D eigenvalue weighted by Crippen LogP contribution is 2.22. The van der Waals surface area contributed by atoms with Gasteiger partial charge in [-0.2, -0.15) is 11.3 Å². The van der Waals surface area contributed by atoms with Gasteiger partial charge in [-0.15, -0.1) is 0 Å². The van der Waals surface area contributed by atoms with Crippen LogP contribution in [-0.2, 0) is 0 Å². The zero-order valence-corrected chi connectivity index (χ0v) is 19.0. The molecule has 0 fully saturated rings. The monoisotopic (exact) mass is 442 g/mol. The Hall–Kier alpha value is -3.51. The van der Waals surface area contributed by atoms with Crippen LogP contribution in [0, 0.1) is 5.92 Å². The molecule has 0 saturated heterocycles. The lowest BCUT2D eigenvalue weighted by atomic mass is 10.0. The smallest absolute Gasteiger partial charge is 0.257 e. The molecular formula is C26H26N4OS. The van der Waals surface area contributed by atoms with E-state index >= 15 is 0 Å². The first kappa shape index (κ1) is 21.7. The van der Waals surface area contributed by atoms with Gasteiger partial charge in [0.15, 0.2) is 0 Å². The fourth-order valence-electron chi connectivity index (χ4n) is 3.48. The lowest BCUT2D eigenvalue weighted by molar-refractivity contribution is 0.102. The molecule has 1 aliphatic heterocycles. The zero-order chi connectivity index (χ0) is 22.3. The van der Waals surface area contributed by atoms with Crippen LogP contribution in [0.3, 0.4) is 0 Å². The maximum Gasteiger partial charge on any atom is 0.257 e. The summed E-state index contributed by atoms with van der Waals surface area (Å²) in [7, 11) is 0. The van der Waals surface area contributed by atoms with Crippen molar-refractivity contribution < 1.29 is 4.79 Å². The van der Waals surface area contributed by atoms with Crippen LogP contribution in [0.5, 0.6) is 0 Å². The number of pyridine rings is 1. The van der Waals surface area contributed by atoms with E-state index in [4.69, 9.17) is 4.99 Å². The van der Waals surface area contributed by atoms with Gasteiger partial charge >= 0.3 is 0 Å². The average molecular weight is 443 g/mol. The van der Waals surface area contributed by atoms with Crippen molar-refractivity contribution >= 4 is 28.6 Å². The molecule has 6 heteroatoms. The van der Waals surface area contributed by atoms with Crippen molar-refractivity contribution in [2.75, 3.05) is 5.32 Å². The topological polar surface area (TPSA) is 66.4 Å². The first-order valence-electron chi connectivity index (χ1n) is 10.7. The zero-order valence-electron chi connectivity index (χ0n) is 18.2. The average Bonchev–Trinajstić information content (AvgIpc) is 3.32. The van der Waals surface area contributed by atoms with Crippen LogP contribution >= 0.6 is 11.3 Å². The van der Waals surface area contributed by atoms with Crippen molar-refractivity contribution in [1.82, 2.24) is 10.3 Å². The van der Waals surface area contributed by atoms with Crippen LogP contribution in [0.2, 0.25) is 0 Å². The highest BCUT2D eigenvalue weighted by atomic mass is 32.1. The van der Waals surface area contributed by atoms with E-state index in [0.717, 1.165) is 34.8 Å². The fraction of sp³-hybridized carbons (Fsp3) is 0.192. The largest absolute Gasteiger partial charge is 0.364 e. The molecule has 0 spiro atoms. The van der Waals surface area contributed by atoms with E-state index in [1.165, 1.54) is 0 Å². The SMILES string of the molecule is CC1\C=C(N[C@@H](C)c2cccc(NC(=O)c3cccnc3)c2)/N=C(c2ccsc2)/C=C/C1. The number of hydrogen-bond donors (Lipinski definition) is 2. The number of rotatable bonds is 6. The third-order valence-electron chi connectivity index (χ3n) is 5.22.